The van der Waals surface area contributed by atoms with E-state index in [-0.39, 0.29) is 30.3 Å². The van der Waals surface area contributed by atoms with Gasteiger partial charge in [0.2, 0.25) is 11.8 Å². The maximum atomic E-state index is 12.3. The molecule has 0 spiro atoms. The first kappa shape index (κ1) is 17.0. The van der Waals surface area contributed by atoms with Gasteiger partial charge in [0.1, 0.15) is 0 Å². The monoisotopic (exact) mass is 330 g/mol. The Hall–Kier alpha value is -1.88. The molecule has 1 aromatic carbocycles. The van der Waals surface area contributed by atoms with Gasteiger partial charge in [-0.3, -0.25) is 9.59 Å². The molecule has 0 unspecified atom stereocenters. The predicted molar refractivity (Wildman–Crippen MR) is 92.7 cm³/mol. The minimum absolute atomic E-state index is 0.00332. The number of nitrogens with zero attached hydrogens (tertiary/aromatic N) is 1. The minimum Gasteiger partial charge on any atom is -0.393 e. The van der Waals surface area contributed by atoms with Crippen LogP contribution in [0.4, 0.5) is 5.69 Å². The number of anilines is 1. The summed E-state index contributed by atoms with van der Waals surface area (Å²) in [6, 6.07) is 5.94. The van der Waals surface area contributed by atoms with Crippen LogP contribution in [0.2, 0.25) is 0 Å². The van der Waals surface area contributed by atoms with Crippen LogP contribution < -0.4 is 10.2 Å². The smallest absolute Gasteiger partial charge is 0.227 e. The van der Waals surface area contributed by atoms with Gasteiger partial charge in [0.05, 0.1) is 12.0 Å². The summed E-state index contributed by atoms with van der Waals surface area (Å²) in [7, 11) is 0. The molecule has 2 amide bonds. The fraction of sp³-hybridized carbons (Fsp3) is 0.579. The highest BCUT2D eigenvalue weighted by Gasteiger charge is 2.35. The molecule has 24 heavy (non-hydrogen) atoms. The second kappa shape index (κ2) is 6.93. The summed E-state index contributed by atoms with van der Waals surface area (Å²) in [5.74, 6) is 0.0292. The summed E-state index contributed by atoms with van der Waals surface area (Å²) >= 11 is 0. The van der Waals surface area contributed by atoms with Crippen molar-refractivity contribution in [2.24, 2.45) is 11.8 Å². The Morgan fingerprint density at radius 3 is 2.75 bits per heavy atom. The number of hydrogen-bond donors (Lipinski definition) is 2. The zero-order valence-corrected chi connectivity index (χ0v) is 14.4. The lowest BCUT2D eigenvalue weighted by atomic mass is 10.1. The molecule has 2 atom stereocenters. The first-order chi connectivity index (χ1) is 11.5. The molecule has 1 saturated heterocycles. The highest BCUT2D eigenvalue weighted by Crippen LogP contribution is 2.33. The Morgan fingerprint density at radius 1 is 1.33 bits per heavy atom. The van der Waals surface area contributed by atoms with Gasteiger partial charge in [0.25, 0.3) is 0 Å². The summed E-state index contributed by atoms with van der Waals surface area (Å²) in [4.78, 5) is 26.3. The Bertz CT molecular complexity index is 639. The van der Waals surface area contributed by atoms with E-state index < -0.39 is 0 Å². The van der Waals surface area contributed by atoms with Crippen molar-refractivity contribution in [1.82, 2.24) is 5.32 Å². The molecular weight excluding hydrogens is 304 g/mol. The van der Waals surface area contributed by atoms with E-state index >= 15 is 0 Å². The number of benzene rings is 1. The van der Waals surface area contributed by atoms with Crippen molar-refractivity contribution in [3.05, 3.63) is 29.3 Å². The van der Waals surface area contributed by atoms with Crippen LogP contribution in [-0.2, 0) is 9.59 Å². The lowest BCUT2D eigenvalue weighted by molar-refractivity contribution is -0.126. The second-order valence-electron chi connectivity index (χ2n) is 7.16. The van der Waals surface area contributed by atoms with E-state index in [2.05, 4.69) is 5.32 Å². The van der Waals surface area contributed by atoms with Crippen molar-refractivity contribution in [3.63, 3.8) is 0 Å². The predicted octanol–water partition coefficient (Wildman–Crippen LogP) is 1.93. The van der Waals surface area contributed by atoms with Crippen LogP contribution >= 0.6 is 0 Å². The molecule has 1 heterocycles. The standard InChI is InChI=1S/C19H26N2O3/c1-12-3-6-16(9-13(12)2)21-11-15(10-18(21)23)19(24)20-8-7-17(22)14-4-5-14/h3,6,9,14-15,17,22H,4-5,7-8,10-11H2,1-2H3,(H,20,24)/t15-,17-/m1/s1. The van der Waals surface area contributed by atoms with Gasteiger partial charge in [-0.2, -0.15) is 0 Å². The lowest BCUT2D eigenvalue weighted by Crippen LogP contribution is -2.34. The minimum atomic E-state index is -0.308. The highest BCUT2D eigenvalue weighted by atomic mass is 16.3. The number of rotatable bonds is 6. The van der Waals surface area contributed by atoms with E-state index in [1.165, 1.54) is 5.56 Å². The fourth-order valence-corrected chi connectivity index (χ4v) is 3.23. The molecule has 5 heteroatoms. The molecule has 0 bridgehead atoms. The normalized spacial score (nSPS) is 21.9. The molecule has 5 nitrogen and oxygen atoms in total. The topological polar surface area (TPSA) is 69.6 Å². The summed E-state index contributed by atoms with van der Waals surface area (Å²) in [5, 5.41) is 12.7. The number of nitrogens with one attached hydrogen (secondary N) is 1. The van der Waals surface area contributed by atoms with Crippen LogP contribution in [0.15, 0.2) is 18.2 Å². The Kier molecular flexibility index (Phi) is 4.90. The van der Waals surface area contributed by atoms with Crippen LogP contribution in [0.3, 0.4) is 0 Å². The highest BCUT2D eigenvalue weighted by molar-refractivity contribution is 6.00. The molecule has 130 valence electrons. The van der Waals surface area contributed by atoms with Crippen molar-refractivity contribution in [1.29, 1.82) is 0 Å². The molecule has 1 saturated carbocycles. The van der Waals surface area contributed by atoms with Crippen molar-refractivity contribution >= 4 is 17.5 Å². The molecule has 0 radical (unpaired) electrons. The van der Waals surface area contributed by atoms with E-state index in [4.69, 9.17) is 0 Å². The molecule has 2 aliphatic rings. The van der Waals surface area contributed by atoms with Gasteiger partial charge in [0, 0.05) is 25.2 Å². The average molecular weight is 330 g/mol. The van der Waals surface area contributed by atoms with Crippen molar-refractivity contribution < 1.29 is 14.7 Å². The first-order valence-corrected chi connectivity index (χ1v) is 8.79. The van der Waals surface area contributed by atoms with Crippen LogP contribution in [0.1, 0.15) is 36.8 Å². The molecule has 1 aliphatic heterocycles. The third-order valence-corrected chi connectivity index (χ3v) is 5.20. The van der Waals surface area contributed by atoms with Gasteiger partial charge in [-0.25, -0.2) is 0 Å². The van der Waals surface area contributed by atoms with Crippen LogP contribution in [0, 0.1) is 25.7 Å². The first-order valence-electron chi connectivity index (χ1n) is 8.79. The number of carbonyl (C=O) groups excluding carboxylic acids is 2. The maximum Gasteiger partial charge on any atom is 0.227 e. The van der Waals surface area contributed by atoms with Gasteiger partial charge >= 0.3 is 0 Å². The largest absolute Gasteiger partial charge is 0.393 e. The van der Waals surface area contributed by atoms with Crippen LogP contribution in [0.25, 0.3) is 0 Å². The summed E-state index contributed by atoms with van der Waals surface area (Å²) in [5.41, 5.74) is 3.19. The SMILES string of the molecule is Cc1ccc(N2C[C@H](C(=O)NCC[C@@H](O)C3CC3)CC2=O)cc1C. The van der Waals surface area contributed by atoms with Crippen molar-refractivity contribution in [2.75, 3.05) is 18.0 Å². The zero-order valence-electron chi connectivity index (χ0n) is 14.4. The Labute approximate surface area is 143 Å². The number of aliphatic hydroxyl groups is 1. The number of aryl methyl sites for hydroxylation is 2. The van der Waals surface area contributed by atoms with Gasteiger partial charge in [-0.15, -0.1) is 0 Å². The van der Waals surface area contributed by atoms with Crippen molar-refractivity contribution in [3.8, 4) is 0 Å². The van der Waals surface area contributed by atoms with Gasteiger partial charge in [0.15, 0.2) is 0 Å². The van der Waals surface area contributed by atoms with Crippen LogP contribution in [-0.4, -0.2) is 36.1 Å². The van der Waals surface area contributed by atoms with Crippen LogP contribution in [0.5, 0.6) is 0 Å². The molecular formula is C19H26N2O3. The molecule has 2 N–H and O–H groups in total. The Balaban J connectivity index is 1.53. The van der Waals surface area contributed by atoms with E-state index in [1.807, 2.05) is 32.0 Å². The summed E-state index contributed by atoms with van der Waals surface area (Å²) in [6.07, 6.45) is 2.73. The average Bonchev–Trinajstić information content (AvgIpc) is 3.32. The number of hydrogen-bond acceptors (Lipinski definition) is 3. The number of aliphatic hydroxyl groups excluding tert-OH is 1. The molecule has 3 rings (SSSR count). The summed E-state index contributed by atoms with van der Waals surface area (Å²) < 4.78 is 0. The molecule has 2 fully saturated rings. The van der Waals surface area contributed by atoms with E-state index in [0.717, 1.165) is 24.1 Å². The quantitative estimate of drug-likeness (QED) is 0.837. The third kappa shape index (κ3) is 3.78. The van der Waals surface area contributed by atoms with E-state index in [9.17, 15) is 14.7 Å². The second-order valence-corrected chi connectivity index (χ2v) is 7.16. The van der Waals surface area contributed by atoms with Crippen molar-refractivity contribution in [2.45, 2.75) is 45.6 Å². The van der Waals surface area contributed by atoms with Gasteiger partial charge in [-0.1, -0.05) is 6.07 Å². The molecule has 1 aliphatic carbocycles. The van der Waals surface area contributed by atoms with Gasteiger partial charge < -0.3 is 15.3 Å². The fourth-order valence-electron chi connectivity index (χ4n) is 3.23. The molecule has 1 aromatic rings. The van der Waals surface area contributed by atoms with Gasteiger partial charge in [-0.05, 0) is 62.3 Å². The third-order valence-electron chi connectivity index (χ3n) is 5.20. The Morgan fingerprint density at radius 2 is 2.08 bits per heavy atom. The van der Waals surface area contributed by atoms with E-state index in [1.54, 1.807) is 4.90 Å². The molecule has 0 aromatic heterocycles. The number of carbonyl (C=O) groups is 2. The zero-order chi connectivity index (χ0) is 17.3. The van der Waals surface area contributed by atoms with E-state index in [0.29, 0.717) is 25.4 Å². The maximum absolute atomic E-state index is 12.3. The summed E-state index contributed by atoms with van der Waals surface area (Å²) in [6.45, 7) is 4.97. The lowest BCUT2D eigenvalue weighted by Gasteiger charge is -2.18. The number of amides is 2.